The Labute approximate surface area is 211 Å². The number of amides is 2. The Morgan fingerprint density at radius 3 is 2.14 bits per heavy atom. The van der Waals surface area contributed by atoms with Crippen molar-refractivity contribution in [3.05, 3.63) is 76.9 Å². The third-order valence-corrected chi connectivity index (χ3v) is 7.53. The molecule has 1 aliphatic heterocycles. The summed E-state index contributed by atoms with van der Waals surface area (Å²) in [5, 5.41) is 7.52. The van der Waals surface area contributed by atoms with Gasteiger partial charge in [0.25, 0.3) is 5.91 Å². The monoisotopic (exact) mass is 486 g/mol. The first-order chi connectivity index (χ1) is 17.5. The number of hydrogen-bond donors (Lipinski definition) is 2. The van der Waals surface area contributed by atoms with Gasteiger partial charge in [-0.1, -0.05) is 36.4 Å². The zero-order chi connectivity index (χ0) is 25.1. The first kappa shape index (κ1) is 24.2. The largest absolute Gasteiger partial charge is 0.363 e. The predicted octanol–water partition coefficient (Wildman–Crippen LogP) is 2.97. The van der Waals surface area contributed by atoms with E-state index < -0.39 is 5.91 Å². The SMILES string of the molecule is Cc1nc(C(N)=O)nn1-c1ccc(Cc2ccc(C3CCC(C(=O)N4CCNCC4)CC3)cc2)cc1. The highest BCUT2D eigenvalue weighted by Crippen LogP contribution is 2.36. The average molecular weight is 487 g/mol. The maximum absolute atomic E-state index is 12.8. The molecule has 2 fully saturated rings. The highest BCUT2D eigenvalue weighted by atomic mass is 16.2. The third-order valence-electron chi connectivity index (χ3n) is 7.53. The summed E-state index contributed by atoms with van der Waals surface area (Å²) in [7, 11) is 0. The Morgan fingerprint density at radius 1 is 0.944 bits per heavy atom. The summed E-state index contributed by atoms with van der Waals surface area (Å²) in [6.07, 6.45) is 5.00. The molecule has 1 aromatic heterocycles. The van der Waals surface area contributed by atoms with E-state index in [4.69, 9.17) is 5.73 Å². The Balaban J connectivity index is 1.16. The Kier molecular flexibility index (Phi) is 7.13. The van der Waals surface area contributed by atoms with E-state index >= 15 is 0 Å². The molecule has 0 unspecified atom stereocenters. The molecular weight excluding hydrogens is 452 g/mol. The number of nitrogens with two attached hydrogens (primary N) is 1. The topological polar surface area (TPSA) is 106 Å². The van der Waals surface area contributed by atoms with Crippen LogP contribution >= 0.6 is 0 Å². The van der Waals surface area contributed by atoms with Crippen molar-refractivity contribution in [2.75, 3.05) is 26.2 Å². The first-order valence-electron chi connectivity index (χ1n) is 12.9. The van der Waals surface area contributed by atoms with E-state index in [0.717, 1.165) is 64.0 Å². The Hall–Kier alpha value is -3.52. The molecule has 8 nitrogen and oxygen atoms in total. The molecule has 0 radical (unpaired) electrons. The second-order valence-electron chi connectivity index (χ2n) is 9.97. The smallest absolute Gasteiger partial charge is 0.288 e. The van der Waals surface area contributed by atoms with Crippen molar-refractivity contribution >= 4 is 11.8 Å². The second-order valence-corrected chi connectivity index (χ2v) is 9.97. The summed E-state index contributed by atoms with van der Waals surface area (Å²) in [6, 6.07) is 17.1. The molecular formula is C28H34N6O2. The minimum absolute atomic E-state index is 0.0244. The number of carbonyl (C=O) groups is 2. The fourth-order valence-corrected chi connectivity index (χ4v) is 5.45. The van der Waals surface area contributed by atoms with Crippen LogP contribution in [0.1, 0.15) is 64.7 Å². The lowest BCUT2D eigenvalue weighted by Gasteiger charge is -2.34. The molecule has 36 heavy (non-hydrogen) atoms. The zero-order valence-corrected chi connectivity index (χ0v) is 20.8. The molecule has 1 saturated carbocycles. The van der Waals surface area contributed by atoms with Crippen LogP contribution in [0.25, 0.3) is 5.69 Å². The Bertz CT molecular complexity index is 1200. The van der Waals surface area contributed by atoms with E-state index in [0.29, 0.717) is 17.6 Å². The summed E-state index contributed by atoms with van der Waals surface area (Å²) in [5.41, 5.74) is 9.99. The van der Waals surface area contributed by atoms with E-state index in [-0.39, 0.29) is 11.7 Å². The molecule has 188 valence electrons. The third kappa shape index (κ3) is 5.33. The van der Waals surface area contributed by atoms with E-state index in [1.165, 1.54) is 16.7 Å². The summed E-state index contributed by atoms with van der Waals surface area (Å²) in [5.74, 6) is 1.12. The van der Waals surface area contributed by atoms with Gasteiger partial charge < -0.3 is 16.0 Å². The maximum atomic E-state index is 12.8. The molecule has 3 aromatic rings. The molecule has 0 atom stereocenters. The van der Waals surface area contributed by atoms with Gasteiger partial charge in [-0.3, -0.25) is 9.59 Å². The number of aryl methyl sites for hydroxylation is 1. The van der Waals surface area contributed by atoms with Crippen molar-refractivity contribution < 1.29 is 9.59 Å². The van der Waals surface area contributed by atoms with Gasteiger partial charge in [-0.2, -0.15) is 0 Å². The standard InChI is InChI=1S/C28H34N6O2/c1-19-31-27(26(29)35)32-34(19)25-12-4-21(5-13-25)18-20-2-6-22(7-3-20)23-8-10-24(11-9-23)28(36)33-16-14-30-15-17-33/h2-7,12-13,23-24,30H,8-11,14-18H2,1H3,(H2,29,35). The highest BCUT2D eigenvalue weighted by molar-refractivity contribution is 5.88. The minimum Gasteiger partial charge on any atom is -0.363 e. The molecule has 8 heteroatoms. The molecule has 3 N–H and O–H groups in total. The molecule has 2 aromatic carbocycles. The molecule has 2 aliphatic rings. The van der Waals surface area contributed by atoms with Crippen LogP contribution in [0, 0.1) is 12.8 Å². The van der Waals surface area contributed by atoms with Gasteiger partial charge in [0, 0.05) is 32.1 Å². The zero-order valence-electron chi connectivity index (χ0n) is 20.8. The van der Waals surface area contributed by atoms with Gasteiger partial charge in [0.15, 0.2) is 0 Å². The van der Waals surface area contributed by atoms with E-state index in [2.05, 4.69) is 51.8 Å². The van der Waals surface area contributed by atoms with Crippen molar-refractivity contribution in [2.45, 2.75) is 44.9 Å². The van der Waals surface area contributed by atoms with Crippen molar-refractivity contribution in [3.8, 4) is 5.69 Å². The molecule has 2 amide bonds. The molecule has 0 bridgehead atoms. The number of nitrogens with one attached hydrogen (secondary N) is 1. The van der Waals surface area contributed by atoms with E-state index in [1.54, 1.807) is 11.6 Å². The van der Waals surface area contributed by atoms with Crippen molar-refractivity contribution in [1.82, 2.24) is 25.0 Å². The summed E-state index contributed by atoms with van der Waals surface area (Å²) < 4.78 is 1.63. The molecule has 2 heterocycles. The van der Waals surface area contributed by atoms with Crippen molar-refractivity contribution in [3.63, 3.8) is 0 Å². The maximum Gasteiger partial charge on any atom is 0.288 e. The van der Waals surface area contributed by atoms with Gasteiger partial charge in [-0.25, -0.2) is 9.67 Å². The van der Waals surface area contributed by atoms with Gasteiger partial charge in [0.1, 0.15) is 5.82 Å². The van der Waals surface area contributed by atoms with Gasteiger partial charge in [-0.15, -0.1) is 5.10 Å². The summed E-state index contributed by atoms with van der Waals surface area (Å²) in [6.45, 7) is 5.32. The minimum atomic E-state index is -0.631. The van der Waals surface area contributed by atoms with Crippen LogP contribution in [0.5, 0.6) is 0 Å². The molecule has 1 saturated heterocycles. The number of nitrogens with zero attached hydrogens (tertiary/aromatic N) is 4. The number of aromatic nitrogens is 3. The number of benzene rings is 2. The van der Waals surface area contributed by atoms with Gasteiger partial charge in [0.05, 0.1) is 5.69 Å². The van der Waals surface area contributed by atoms with Gasteiger partial charge in [0.2, 0.25) is 11.7 Å². The van der Waals surface area contributed by atoms with Crippen LogP contribution in [0.2, 0.25) is 0 Å². The average Bonchev–Trinajstić information content (AvgIpc) is 3.32. The lowest BCUT2D eigenvalue weighted by molar-refractivity contribution is -0.137. The quantitative estimate of drug-likeness (QED) is 0.557. The highest BCUT2D eigenvalue weighted by Gasteiger charge is 2.30. The lowest BCUT2D eigenvalue weighted by Crippen LogP contribution is -2.48. The van der Waals surface area contributed by atoms with Crippen LogP contribution in [0.3, 0.4) is 0 Å². The van der Waals surface area contributed by atoms with E-state index in [9.17, 15) is 9.59 Å². The fourth-order valence-electron chi connectivity index (χ4n) is 5.45. The van der Waals surface area contributed by atoms with Crippen LogP contribution in [0.15, 0.2) is 48.5 Å². The van der Waals surface area contributed by atoms with Crippen LogP contribution in [-0.4, -0.2) is 57.7 Å². The Morgan fingerprint density at radius 2 is 1.56 bits per heavy atom. The summed E-state index contributed by atoms with van der Waals surface area (Å²) in [4.78, 5) is 30.3. The first-order valence-corrected chi connectivity index (χ1v) is 12.9. The number of hydrogen-bond acceptors (Lipinski definition) is 5. The fraction of sp³-hybridized carbons (Fsp3) is 0.429. The predicted molar refractivity (Wildman–Crippen MR) is 138 cm³/mol. The van der Waals surface area contributed by atoms with Crippen LogP contribution < -0.4 is 11.1 Å². The number of carbonyl (C=O) groups excluding carboxylic acids is 2. The van der Waals surface area contributed by atoms with Crippen molar-refractivity contribution in [2.24, 2.45) is 11.7 Å². The van der Waals surface area contributed by atoms with Crippen molar-refractivity contribution in [1.29, 1.82) is 0 Å². The van der Waals surface area contributed by atoms with Gasteiger partial charge in [-0.05, 0) is 73.8 Å². The number of primary amides is 1. The molecule has 0 spiro atoms. The normalized spacial score (nSPS) is 20.3. The number of piperazine rings is 1. The second kappa shape index (κ2) is 10.6. The molecule has 1 aliphatic carbocycles. The molecule has 5 rings (SSSR count). The summed E-state index contributed by atoms with van der Waals surface area (Å²) >= 11 is 0. The van der Waals surface area contributed by atoms with Gasteiger partial charge >= 0.3 is 0 Å². The van der Waals surface area contributed by atoms with E-state index in [1.807, 2.05) is 17.0 Å². The number of rotatable bonds is 6. The van der Waals surface area contributed by atoms with Crippen LogP contribution in [-0.2, 0) is 11.2 Å². The lowest BCUT2D eigenvalue weighted by atomic mass is 9.78. The van der Waals surface area contributed by atoms with Crippen LogP contribution in [0.4, 0.5) is 0 Å².